The van der Waals surface area contributed by atoms with Gasteiger partial charge in [0.15, 0.2) is 0 Å². The second-order valence-corrected chi connectivity index (χ2v) is 6.58. The predicted octanol–water partition coefficient (Wildman–Crippen LogP) is 3.87. The van der Waals surface area contributed by atoms with E-state index in [1.165, 1.54) is 11.6 Å². The zero-order valence-electron chi connectivity index (χ0n) is 14.4. The molecule has 0 saturated heterocycles. The van der Waals surface area contributed by atoms with E-state index in [-0.39, 0.29) is 5.91 Å². The van der Waals surface area contributed by atoms with Crippen LogP contribution < -0.4 is 5.32 Å². The van der Waals surface area contributed by atoms with Crippen LogP contribution in [-0.2, 0) is 17.8 Å². The second-order valence-electron chi connectivity index (χ2n) is 6.23. The van der Waals surface area contributed by atoms with Gasteiger partial charge in [-0.2, -0.15) is 5.10 Å². The molecule has 5 heteroatoms. The van der Waals surface area contributed by atoms with Crippen LogP contribution in [-0.4, -0.2) is 22.2 Å². The van der Waals surface area contributed by atoms with Gasteiger partial charge in [-0.3, -0.25) is 9.48 Å². The highest BCUT2D eigenvalue weighted by atomic mass is 35.5. The molecule has 1 N–H and O–H groups in total. The van der Waals surface area contributed by atoms with Gasteiger partial charge in [0.2, 0.25) is 5.91 Å². The predicted molar refractivity (Wildman–Crippen MR) is 99.0 cm³/mol. The monoisotopic (exact) mass is 345 g/mol. The first kappa shape index (κ1) is 18.3. The van der Waals surface area contributed by atoms with Crippen LogP contribution >= 0.6 is 11.6 Å². The first-order chi connectivity index (χ1) is 11.5. The van der Waals surface area contributed by atoms with Gasteiger partial charge < -0.3 is 5.32 Å². The van der Waals surface area contributed by atoms with Crippen molar-refractivity contribution in [2.24, 2.45) is 5.92 Å². The van der Waals surface area contributed by atoms with E-state index < -0.39 is 0 Å². The Labute approximate surface area is 148 Å². The molecule has 2 aromatic rings. The normalized spacial score (nSPS) is 11.4. The van der Waals surface area contributed by atoms with E-state index in [0.29, 0.717) is 17.6 Å². The molecule has 24 heavy (non-hydrogen) atoms. The van der Waals surface area contributed by atoms with Crippen LogP contribution in [0.4, 0.5) is 0 Å². The van der Waals surface area contributed by atoms with Gasteiger partial charge in [0.05, 0.1) is 5.69 Å². The zero-order valence-corrected chi connectivity index (χ0v) is 15.2. The van der Waals surface area contributed by atoms with Gasteiger partial charge in [0.1, 0.15) is 5.15 Å². The maximum absolute atomic E-state index is 11.9. The highest BCUT2D eigenvalue weighted by Gasteiger charge is 2.12. The van der Waals surface area contributed by atoms with Crippen LogP contribution in [0.1, 0.15) is 30.7 Å². The lowest BCUT2D eigenvalue weighted by atomic mass is 10.1. The Morgan fingerprint density at radius 3 is 2.71 bits per heavy atom. The number of rotatable bonds is 7. The van der Waals surface area contributed by atoms with Crippen molar-refractivity contribution in [1.29, 1.82) is 0 Å². The molecule has 0 aliphatic rings. The number of benzene rings is 1. The Balaban J connectivity index is 1.90. The summed E-state index contributed by atoms with van der Waals surface area (Å²) in [6.45, 7) is 7.49. The van der Waals surface area contributed by atoms with Crippen molar-refractivity contribution in [2.75, 3.05) is 6.54 Å². The van der Waals surface area contributed by atoms with E-state index in [1.54, 1.807) is 10.8 Å². The van der Waals surface area contributed by atoms with Crippen LogP contribution in [0.2, 0.25) is 5.15 Å². The third-order valence-corrected chi connectivity index (χ3v) is 4.00. The van der Waals surface area contributed by atoms with E-state index in [0.717, 1.165) is 24.2 Å². The Hall–Kier alpha value is -2.07. The van der Waals surface area contributed by atoms with E-state index in [9.17, 15) is 4.79 Å². The molecule has 1 amide bonds. The lowest BCUT2D eigenvalue weighted by Gasteiger charge is -2.05. The summed E-state index contributed by atoms with van der Waals surface area (Å²) in [6, 6.07) is 10.1. The fourth-order valence-electron chi connectivity index (χ4n) is 2.42. The summed E-state index contributed by atoms with van der Waals surface area (Å²) in [5, 5.41) is 7.89. The highest BCUT2D eigenvalue weighted by molar-refractivity contribution is 6.31. The molecule has 0 aliphatic carbocycles. The SMILES string of the molecule is Cc1nn(CC(C)C)c(Cl)c1/C=C/C(=O)NCCc1ccccc1. The average Bonchev–Trinajstić information content (AvgIpc) is 2.80. The summed E-state index contributed by atoms with van der Waals surface area (Å²) in [5.74, 6) is 0.331. The van der Waals surface area contributed by atoms with Gasteiger partial charge in [-0.1, -0.05) is 55.8 Å². The summed E-state index contributed by atoms with van der Waals surface area (Å²) in [7, 11) is 0. The number of hydrogen-bond acceptors (Lipinski definition) is 2. The average molecular weight is 346 g/mol. The topological polar surface area (TPSA) is 46.9 Å². The van der Waals surface area contributed by atoms with Crippen LogP contribution in [0.15, 0.2) is 36.4 Å². The number of nitrogens with one attached hydrogen (secondary N) is 1. The molecule has 0 atom stereocenters. The second kappa shape index (κ2) is 8.69. The first-order valence-corrected chi connectivity index (χ1v) is 8.58. The van der Waals surface area contributed by atoms with Crippen molar-refractivity contribution < 1.29 is 4.79 Å². The summed E-state index contributed by atoms with van der Waals surface area (Å²) in [4.78, 5) is 11.9. The molecule has 0 radical (unpaired) electrons. The summed E-state index contributed by atoms with van der Waals surface area (Å²) in [6.07, 6.45) is 4.06. The van der Waals surface area contributed by atoms with Gasteiger partial charge >= 0.3 is 0 Å². The van der Waals surface area contributed by atoms with Crippen molar-refractivity contribution in [1.82, 2.24) is 15.1 Å². The number of amides is 1. The van der Waals surface area contributed by atoms with Crippen LogP contribution in [0.25, 0.3) is 6.08 Å². The molecular formula is C19H24ClN3O. The van der Waals surface area contributed by atoms with Crippen molar-refractivity contribution in [3.8, 4) is 0 Å². The third kappa shape index (κ3) is 5.24. The van der Waals surface area contributed by atoms with Crippen molar-refractivity contribution in [2.45, 2.75) is 33.7 Å². The minimum absolute atomic E-state index is 0.127. The maximum Gasteiger partial charge on any atom is 0.244 e. The summed E-state index contributed by atoms with van der Waals surface area (Å²) >= 11 is 6.36. The summed E-state index contributed by atoms with van der Waals surface area (Å²) in [5.41, 5.74) is 2.83. The van der Waals surface area contributed by atoms with E-state index in [1.807, 2.05) is 37.3 Å². The number of carbonyl (C=O) groups excluding carboxylic acids is 1. The zero-order chi connectivity index (χ0) is 17.5. The molecule has 1 aromatic carbocycles. The Kier molecular flexibility index (Phi) is 6.62. The van der Waals surface area contributed by atoms with Crippen LogP contribution in [0, 0.1) is 12.8 Å². The Bertz CT molecular complexity index is 705. The number of nitrogens with zero attached hydrogens (tertiary/aromatic N) is 2. The molecule has 1 heterocycles. The van der Waals surface area contributed by atoms with Gasteiger partial charge in [0, 0.05) is 24.7 Å². The fraction of sp³-hybridized carbons (Fsp3) is 0.368. The molecule has 0 fully saturated rings. The molecule has 128 valence electrons. The van der Waals surface area contributed by atoms with Gasteiger partial charge in [-0.15, -0.1) is 0 Å². The number of hydrogen-bond donors (Lipinski definition) is 1. The van der Waals surface area contributed by atoms with E-state index in [4.69, 9.17) is 11.6 Å². The van der Waals surface area contributed by atoms with E-state index >= 15 is 0 Å². The van der Waals surface area contributed by atoms with Crippen molar-refractivity contribution in [3.63, 3.8) is 0 Å². The molecular weight excluding hydrogens is 322 g/mol. The largest absolute Gasteiger partial charge is 0.352 e. The number of aromatic nitrogens is 2. The van der Waals surface area contributed by atoms with Crippen LogP contribution in [0.5, 0.6) is 0 Å². The van der Waals surface area contributed by atoms with Crippen molar-refractivity contribution in [3.05, 3.63) is 58.4 Å². The van der Waals surface area contributed by atoms with Crippen LogP contribution in [0.3, 0.4) is 0 Å². The minimum atomic E-state index is -0.127. The van der Waals surface area contributed by atoms with Gasteiger partial charge in [-0.25, -0.2) is 0 Å². The maximum atomic E-state index is 11.9. The minimum Gasteiger partial charge on any atom is -0.352 e. The Morgan fingerprint density at radius 1 is 1.33 bits per heavy atom. The molecule has 0 saturated carbocycles. The molecule has 4 nitrogen and oxygen atoms in total. The molecule has 0 aliphatic heterocycles. The Morgan fingerprint density at radius 2 is 2.04 bits per heavy atom. The standard InChI is InChI=1S/C19H24ClN3O/c1-14(2)13-23-19(20)17(15(3)22-23)9-10-18(24)21-12-11-16-7-5-4-6-8-16/h4-10,14H,11-13H2,1-3H3,(H,21,24)/b10-9+. The number of halogens is 1. The first-order valence-electron chi connectivity index (χ1n) is 8.20. The third-order valence-electron chi connectivity index (χ3n) is 3.60. The molecule has 1 aromatic heterocycles. The number of aryl methyl sites for hydroxylation is 1. The molecule has 0 unspecified atom stereocenters. The molecule has 2 rings (SSSR count). The smallest absolute Gasteiger partial charge is 0.244 e. The number of carbonyl (C=O) groups is 1. The van der Waals surface area contributed by atoms with Crippen molar-refractivity contribution >= 4 is 23.6 Å². The highest BCUT2D eigenvalue weighted by Crippen LogP contribution is 2.22. The lowest BCUT2D eigenvalue weighted by Crippen LogP contribution is -2.23. The van der Waals surface area contributed by atoms with E-state index in [2.05, 4.69) is 24.3 Å². The molecule has 0 spiro atoms. The quantitative estimate of drug-likeness (QED) is 0.774. The summed E-state index contributed by atoms with van der Waals surface area (Å²) < 4.78 is 1.79. The molecule has 0 bridgehead atoms. The lowest BCUT2D eigenvalue weighted by molar-refractivity contribution is -0.116. The fourth-order valence-corrected chi connectivity index (χ4v) is 2.72. The van der Waals surface area contributed by atoms with Gasteiger partial charge in [-0.05, 0) is 30.9 Å². The van der Waals surface area contributed by atoms with Gasteiger partial charge in [0.25, 0.3) is 0 Å².